The van der Waals surface area contributed by atoms with Crippen LogP contribution in [-0.4, -0.2) is 21.8 Å². The van der Waals surface area contributed by atoms with Crippen LogP contribution in [0.2, 0.25) is 5.02 Å². The molecule has 0 saturated heterocycles. The molecule has 0 aliphatic carbocycles. The average molecular weight is 408 g/mol. The molecule has 6 heteroatoms. The molecule has 1 aromatic heterocycles. The highest BCUT2D eigenvalue weighted by atomic mass is 35.5. The molecule has 5 nitrogen and oxygen atoms in total. The Kier molecular flexibility index (Phi) is 5.43. The molecular weight excluding hydrogens is 386 g/mol. The maximum Gasteiger partial charge on any atom is 0.127 e. The van der Waals surface area contributed by atoms with Crippen LogP contribution >= 0.6 is 11.6 Å². The topological polar surface area (TPSA) is 73.3 Å². The van der Waals surface area contributed by atoms with Crippen LogP contribution in [0.3, 0.4) is 0 Å². The van der Waals surface area contributed by atoms with Gasteiger partial charge in [-0.3, -0.25) is 0 Å². The third-order valence-electron chi connectivity index (χ3n) is 4.94. The smallest absolute Gasteiger partial charge is 0.127 e. The number of benzene rings is 3. The van der Waals surface area contributed by atoms with E-state index in [2.05, 4.69) is 4.57 Å². The summed E-state index contributed by atoms with van der Waals surface area (Å²) in [5.41, 5.74) is 10.5. The average Bonchev–Trinajstić information content (AvgIpc) is 3.07. The van der Waals surface area contributed by atoms with Crippen LogP contribution in [0.1, 0.15) is 23.0 Å². The molecule has 1 atom stereocenters. The van der Waals surface area contributed by atoms with Gasteiger partial charge < -0.3 is 20.1 Å². The van der Waals surface area contributed by atoms with E-state index >= 15 is 0 Å². The Bertz CT molecular complexity index is 1140. The summed E-state index contributed by atoms with van der Waals surface area (Å²) in [7, 11) is 1.65. The Morgan fingerprint density at radius 1 is 1.07 bits per heavy atom. The number of imidazole rings is 1. The minimum absolute atomic E-state index is 0.239. The van der Waals surface area contributed by atoms with E-state index in [9.17, 15) is 5.11 Å². The van der Waals surface area contributed by atoms with Crippen molar-refractivity contribution in [3.8, 4) is 11.5 Å². The summed E-state index contributed by atoms with van der Waals surface area (Å²) in [5.74, 6) is 1.80. The van der Waals surface area contributed by atoms with E-state index in [0.717, 1.165) is 33.7 Å². The molecule has 0 aliphatic rings. The van der Waals surface area contributed by atoms with Gasteiger partial charge in [0.25, 0.3) is 0 Å². The van der Waals surface area contributed by atoms with Crippen LogP contribution in [0.25, 0.3) is 11.0 Å². The van der Waals surface area contributed by atoms with Gasteiger partial charge >= 0.3 is 0 Å². The van der Waals surface area contributed by atoms with E-state index in [4.69, 9.17) is 27.1 Å². The molecule has 0 aliphatic heterocycles. The molecule has 0 fully saturated rings. The third kappa shape index (κ3) is 4.21. The van der Waals surface area contributed by atoms with Gasteiger partial charge in [0, 0.05) is 17.6 Å². The first-order valence-electron chi connectivity index (χ1n) is 9.35. The Morgan fingerprint density at radius 3 is 2.59 bits per heavy atom. The van der Waals surface area contributed by atoms with Crippen molar-refractivity contribution in [3.63, 3.8) is 0 Å². The number of rotatable bonds is 6. The molecule has 148 valence electrons. The number of aromatic hydroxyl groups is 1. The van der Waals surface area contributed by atoms with Crippen molar-refractivity contribution < 1.29 is 9.84 Å². The Morgan fingerprint density at radius 2 is 1.86 bits per heavy atom. The summed E-state index contributed by atoms with van der Waals surface area (Å²) in [5, 5.41) is 10.2. The van der Waals surface area contributed by atoms with Gasteiger partial charge in [-0.05, 0) is 53.9 Å². The molecule has 1 unspecified atom stereocenters. The predicted octanol–water partition coefficient (Wildman–Crippen LogP) is 4.69. The highest BCUT2D eigenvalue weighted by Crippen LogP contribution is 2.27. The number of aromatic nitrogens is 2. The number of ether oxygens (including phenoxy) is 1. The molecule has 3 aromatic carbocycles. The van der Waals surface area contributed by atoms with Gasteiger partial charge in [-0.25, -0.2) is 4.98 Å². The van der Waals surface area contributed by atoms with E-state index in [1.807, 2.05) is 54.6 Å². The molecule has 3 N–H and O–H groups in total. The lowest BCUT2D eigenvalue weighted by Gasteiger charge is -2.15. The van der Waals surface area contributed by atoms with E-state index in [-0.39, 0.29) is 11.8 Å². The lowest BCUT2D eigenvalue weighted by atomic mass is 10.1. The summed E-state index contributed by atoms with van der Waals surface area (Å²) in [6.07, 6.45) is 0.607. The fraction of sp³-hybridized carbons (Fsp3) is 0.174. The van der Waals surface area contributed by atoms with Gasteiger partial charge in [-0.2, -0.15) is 0 Å². The molecule has 0 bridgehead atoms. The van der Waals surface area contributed by atoms with Crippen LogP contribution in [0.15, 0.2) is 66.7 Å². The molecule has 4 rings (SSSR count). The number of phenols is 1. The fourth-order valence-electron chi connectivity index (χ4n) is 3.49. The lowest BCUT2D eigenvalue weighted by Crippen LogP contribution is -2.19. The van der Waals surface area contributed by atoms with Crippen molar-refractivity contribution in [2.45, 2.75) is 19.0 Å². The summed E-state index contributed by atoms with van der Waals surface area (Å²) in [4.78, 5) is 4.82. The van der Waals surface area contributed by atoms with E-state index < -0.39 is 0 Å². The van der Waals surface area contributed by atoms with Gasteiger partial charge in [0.05, 0.1) is 24.2 Å². The largest absolute Gasteiger partial charge is 0.508 e. The zero-order chi connectivity index (χ0) is 20.4. The monoisotopic (exact) mass is 407 g/mol. The molecule has 0 saturated carbocycles. The second-order valence-electron chi connectivity index (χ2n) is 7.02. The highest BCUT2D eigenvalue weighted by Gasteiger charge is 2.18. The van der Waals surface area contributed by atoms with Crippen molar-refractivity contribution in [2.75, 3.05) is 7.11 Å². The maximum absolute atomic E-state index is 9.51. The van der Waals surface area contributed by atoms with Crippen molar-refractivity contribution in [2.24, 2.45) is 5.73 Å². The molecule has 4 aromatic rings. The SMILES string of the molecule is COc1ccc2nc(C(N)Cc3ccc(O)cc3)n(Cc3cccc(Cl)c3)c2c1. The summed E-state index contributed by atoms with van der Waals surface area (Å²) in [6.45, 7) is 0.600. The molecular formula is C23H22ClN3O2. The number of methoxy groups -OCH3 is 1. The van der Waals surface area contributed by atoms with Gasteiger partial charge in [-0.15, -0.1) is 0 Å². The zero-order valence-corrected chi connectivity index (χ0v) is 16.8. The summed E-state index contributed by atoms with van der Waals surface area (Å²) < 4.78 is 7.53. The number of hydrogen-bond acceptors (Lipinski definition) is 4. The Balaban J connectivity index is 1.76. The molecule has 1 heterocycles. The van der Waals surface area contributed by atoms with Crippen LogP contribution in [0.5, 0.6) is 11.5 Å². The van der Waals surface area contributed by atoms with Crippen LogP contribution in [0, 0.1) is 0 Å². The quantitative estimate of drug-likeness (QED) is 0.486. The van der Waals surface area contributed by atoms with Gasteiger partial charge in [-0.1, -0.05) is 35.9 Å². The first kappa shape index (κ1) is 19.3. The Hall–Kier alpha value is -3.02. The standard InChI is InChI=1S/C23H22ClN3O2/c1-29-19-9-10-21-22(13-19)27(14-16-3-2-4-17(24)11-16)23(26-21)20(25)12-15-5-7-18(28)8-6-15/h2-11,13,20,28H,12,14,25H2,1H3. The molecule has 0 amide bonds. The van der Waals surface area contributed by atoms with Gasteiger partial charge in [0.1, 0.15) is 17.3 Å². The van der Waals surface area contributed by atoms with Crippen LogP contribution in [-0.2, 0) is 13.0 Å². The summed E-state index contributed by atoms with van der Waals surface area (Å²) >= 11 is 6.18. The number of phenolic OH excluding ortho intramolecular Hbond substituents is 1. The zero-order valence-electron chi connectivity index (χ0n) is 16.0. The first-order chi connectivity index (χ1) is 14.0. The molecule has 0 radical (unpaired) electrons. The number of fused-ring (bicyclic) bond motifs is 1. The summed E-state index contributed by atoms with van der Waals surface area (Å²) in [6, 6.07) is 20.4. The van der Waals surface area contributed by atoms with Gasteiger partial charge in [0.2, 0.25) is 0 Å². The molecule has 0 spiro atoms. The second-order valence-corrected chi connectivity index (χ2v) is 7.45. The van der Waals surface area contributed by atoms with E-state index in [1.54, 1.807) is 19.2 Å². The minimum Gasteiger partial charge on any atom is -0.508 e. The van der Waals surface area contributed by atoms with E-state index in [1.165, 1.54) is 0 Å². The second kappa shape index (κ2) is 8.15. The van der Waals surface area contributed by atoms with E-state index in [0.29, 0.717) is 18.0 Å². The van der Waals surface area contributed by atoms with Crippen LogP contribution < -0.4 is 10.5 Å². The number of nitrogens with zero attached hydrogens (tertiary/aromatic N) is 2. The maximum atomic E-state index is 9.51. The van der Waals surface area contributed by atoms with Crippen molar-refractivity contribution >= 4 is 22.6 Å². The fourth-order valence-corrected chi connectivity index (χ4v) is 3.71. The first-order valence-corrected chi connectivity index (χ1v) is 9.73. The molecule has 29 heavy (non-hydrogen) atoms. The minimum atomic E-state index is -0.308. The van der Waals surface area contributed by atoms with Gasteiger partial charge in [0.15, 0.2) is 0 Å². The lowest BCUT2D eigenvalue weighted by molar-refractivity contribution is 0.415. The van der Waals surface area contributed by atoms with Crippen molar-refractivity contribution in [1.82, 2.24) is 9.55 Å². The predicted molar refractivity (Wildman–Crippen MR) is 116 cm³/mol. The number of hydrogen-bond donors (Lipinski definition) is 2. The highest BCUT2D eigenvalue weighted by molar-refractivity contribution is 6.30. The van der Waals surface area contributed by atoms with Crippen molar-refractivity contribution in [3.05, 3.63) is 88.7 Å². The number of halogens is 1. The number of nitrogens with two attached hydrogens (primary N) is 1. The van der Waals surface area contributed by atoms with Crippen LogP contribution in [0.4, 0.5) is 0 Å². The van der Waals surface area contributed by atoms with Crippen molar-refractivity contribution in [1.29, 1.82) is 0 Å². The normalized spacial score (nSPS) is 12.2. The third-order valence-corrected chi connectivity index (χ3v) is 5.17. The Labute approximate surface area is 174 Å².